The molecule has 0 radical (unpaired) electrons. The molecule has 2 aromatic carbocycles. The fourth-order valence-corrected chi connectivity index (χ4v) is 2.99. The summed E-state index contributed by atoms with van der Waals surface area (Å²) in [6.45, 7) is 2.57. The van der Waals surface area contributed by atoms with Gasteiger partial charge in [-0.2, -0.15) is 9.90 Å². The molecule has 0 aliphatic carbocycles. The Morgan fingerprint density at radius 3 is 2.69 bits per heavy atom. The van der Waals surface area contributed by atoms with Crippen LogP contribution in [0, 0.1) is 12.7 Å². The number of aromatic nitrogens is 6. The molecule has 0 fully saturated rings. The lowest BCUT2D eigenvalue weighted by Crippen LogP contribution is -2.04. The number of hydrogen-bond acceptors (Lipinski definition) is 5. The monoisotopic (exact) mass is 366 g/mol. The lowest BCUT2D eigenvalue weighted by molar-refractivity contribution is 0.572. The van der Waals surface area contributed by atoms with E-state index in [4.69, 9.17) is 0 Å². The van der Waals surface area contributed by atoms with E-state index in [9.17, 15) is 4.39 Å². The van der Waals surface area contributed by atoms with E-state index in [2.05, 4.69) is 39.2 Å². The molecule has 0 aliphatic heterocycles. The lowest BCUT2D eigenvalue weighted by Gasteiger charge is -2.03. The summed E-state index contributed by atoms with van der Waals surface area (Å²) >= 11 is 4.52. The summed E-state index contributed by atoms with van der Waals surface area (Å²) in [5, 5.41) is 17.5. The van der Waals surface area contributed by atoms with Gasteiger partial charge in [0.2, 0.25) is 5.82 Å². The first-order chi connectivity index (χ1) is 12.6. The van der Waals surface area contributed by atoms with E-state index in [-0.39, 0.29) is 5.82 Å². The Labute approximate surface area is 154 Å². The van der Waals surface area contributed by atoms with Crippen LogP contribution in [0.2, 0.25) is 0 Å². The van der Waals surface area contributed by atoms with Gasteiger partial charge < -0.3 is 0 Å². The third-order valence-electron chi connectivity index (χ3n) is 3.92. The highest BCUT2D eigenvalue weighted by Gasteiger charge is 2.15. The maximum atomic E-state index is 13.1. The SMILES string of the molecule is Cc1cccc(Cn2nnc(-c3cnn(-c4ccc(F)cc4)c3S)n2)c1. The van der Waals surface area contributed by atoms with Gasteiger partial charge in [-0.15, -0.1) is 22.8 Å². The topological polar surface area (TPSA) is 61.4 Å². The zero-order chi connectivity index (χ0) is 18.1. The normalized spacial score (nSPS) is 11.0. The van der Waals surface area contributed by atoms with Gasteiger partial charge in [0.15, 0.2) is 0 Å². The number of benzene rings is 2. The minimum Gasteiger partial charge on any atom is -0.227 e. The van der Waals surface area contributed by atoms with E-state index in [1.807, 2.05) is 25.1 Å². The molecular formula is C18H15FN6S. The first-order valence-electron chi connectivity index (χ1n) is 7.97. The molecule has 6 nitrogen and oxygen atoms in total. The van der Waals surface area contributed by atoms with Gasteiger partial charge in [-0.3, -0.25) is 0 Å². The molecule has 0 atom stereocenters. The first-order valence-corrected chi connectivity index (χ1v) is 8.41. The van der Waals surface area contributed by atoms with Crippen LogP contribution < -0.4 is 0 Å². The van der Waals surface area contributed by atoms with Crippen LogP contribution in [0.1, 0.15) is 11.1 Å². The van der Waals surface area contributed by atoms with Crippen LogP contribution in [0.3, 0.4) is 0 Å². The summed E-state index contributed by atoms with van der Waals surface area (Å²) < 4.78 is 14.7. The van der Waals surface area contributed by atoms with Crippen molar-refractivity contribution in [2.75, 3.05) is 0 Å². The quantitative estimate of drug-likeness (QED) is 0.563. The maximum Gasteiger partial charge on any atom is 0.209 e. The Hall–Kier alpha value is -3.00. The third-order valence-corrected chi connectivity index (χ3v) is 4.35. The summed E-state index contributed by atoms with van der Waals surface area (Å²) in [5.41, 5.74) is 3.64. The number of rotatable bonds is 4. The van der Waals surface area contributed by atoms with E-state index >= 15 is 0 Å². The van der Waals surface area contributed by atoms with Crippen molar-refractivity contribution in [2.45, 2.75) is 18.5 Å². The molecule has 0 saturated heterocycles. The second-order valence-corrected chi connectivity index (χ2v) is 6.33. The van der Waals surface area contributed by atoms with Crippen molar-refractivity contribution in [1.29, 1.82) is 0 Å². The van der Waals surface area contributed by atoms with Crippen molar-refractivity contribution in [3.63, 3.8) is 0 Å². The summed E-state index contributed by atoms with van der Waals surface area (Å²) in [6, 6.07) is 14.2. The van der Waals surface area contributed by atoms with Crippen LogP contribution in [-0.2, 0) is 6.54 Å². The summed E-state index contributed by atoms with van der Waals surface area (Å²) in [5.74, 6) is 0.138. The van der Waals surface area contributed by atoms with Crippen molar-refractivity contribution >= 4 is 12.6 Å². The molecule has 130 valence electrons. The highest BCUT2D eigenvalue weighted by molar-refractivity contribution is 7.80. The maximum absolute atomic E-state index is 13.1. The molecule has 0 bridgehead atoms. The minimum absolute atomic E-state index is 0.303. The largest absolute Gasteiger partial charge is 0.227 e. The van der Waals surface area contributed by atoms with Crippen LogP contribution in [0.15, 0.2) is 59.8 Å². The molecule has 0 N–H and O–H groups in total. The second-order valence-electron chi connectivity index (χ2n) is 5.90. The van der Waals surface area contributed by atoms with Gasteiger partial charge in [0.05, 0.1) is 24.0 Å². The smallest absolute Gasteiger partial charge is 0.209 e. The number of nitrogens with zero attached hydrogens (tertiary/aromatic N) is 6. The molecule has 8 heteroatoms. The Morgan fingerprint density at radius 2 is 1.92 bits per heavy atom. The Balaban J connectivity index is 1.61. The van der Waals surface area contributed by atoms with Gasteiger partial charge >= 0.3 is 0 Å². The fraction of sp³-hybridized carbons (Fsp3) is 0.111. The predicted octanol–water partition coefficient (Wildman–Crippen LogP) is 3.31. The van der Waals surface area contributed by atoms with Gasteiger partial charge in [-0.1, -0.05) is 29.8 Å². The predicted molar refractivity (Wildman–Crippen MR) is 97.9 cm³/mol. The van der Waals surface area contributed by atoms with Crippen LogP contribution in [0.4, 0.5) is 4.39 Å². The summed E-state index contributed by atoms with van der Waals surface area (Å²) in [7, 11) is 0. The van der Waals surface area contributed by atoms with Crippen molar-refractivity contribution in [2.24, 2.45) is 0 Å². The van der Waals surface area contributed by atoms with Crippen LogP contribution in [-0.4, -0.2) is 30.0 Å². The van der Waals surface area contributed by atoms with Crippen molar-refractivity contribution in [3.8, 4) is 17.1 Å². The zero-order valence-corrected chi connectivity index (χ0v) is 14.8. The van der Waals surface area contributed by atoms with Crippen LogP contribution >= 0.6 is 12.6 Å². The molecule has 0 amide bonds. The highest BCUT2D eigenvalue weighted by Crippen LogP contribution is 2.25. The average Bonchev–Trinajstić information content (AvgIpc) is 3.22. The molecule has 4 rings (SSSR count). The number of halogens is 1. The van der Waals surface area contributed by atoms with E-state index in [0.717, 1.165) is 5.56 Å². The zero-order valence-electron chi connectivity index (χ0n) is 13.9. The fourth-order valence-electron chi connectivity index (χ4n) is 2.66. The van der Waals surface area contributed by atoms with Gasteiger partial charge in [0, 0.05) is 0 Å². The Kier molecular flexibility index (Phi) is 4.26. The third kappa shape index (κ3) is 3.23. The van der Waals surface area contributed by atoms with Gasteiger partial charge in [-0.05, 0) is 42.0 Å². The molecule has 2 heterocycles. The van der Waals surface area contributed by atoms with E-state index in [1.165, 1.54) is 22.5 Å². The first kappa shape index (κ1) is 16.5. The Morgan fingerprint density at radius 1 is 1.12 bits per heavy atom. The Bertz CT molecular complexity index is 1050. The van der Waals surface area contributed by atoms with Crippen LogP contribution in [0.25, 0.3) is 17.1 Å². The second kappa shape index (κ2) is 6.72. The number of aryl methyl sites for hydroxylation is 1. The van der Waals surface area contributed by atoms with Crippen molar-refractivity contribution < 1.29 is 4.39 Å². The molecule has 0 spiro atoms. The van der Waals surface area contributed by atoms with E-state index in [1.54, 1.807) is 23.0 Å². The average molecular weight is 366 g/mol. The molecule has 4 aromatic rings. The summed E-state index contributed by atoms with van der Waals surface area (Å²) in [4.78, 5) is 1.53. The van der Waals surface area contributed by atoms with Gasteiger partial charge in [0.1, 0.15) is 10.8 Å². The number of hydrogen-bond donors (Lipinski definition) is 1. The van der Waals surface area contributed by atoms with E-state index in [0.29, 0.717) is 28.6 Å². The molecule has 2 aromatic heterocycles. The lowest BCUT2D eigenvalue weighted by atomic mass is 10.1. The van der Waals surface area contributed by atoms with Crippen molar-refractivity contribution in [3.05, 3.63) is 71.7 Å². The summed E-state index contributed by atoms with van der Waals surface area (Å²) in [6.07, 6.45) is 1.62. The molecule has 0 unspecified atom stereocenters. The standard InChI is InChI=1S/C18H15FN6S/c1-12-3-2-4-13(9-12)11-24-22-17(21-23-24)16-10-20-25(18(16)26)15-7-5-14(19)6-8-15/h2-10,26H,11H2,1H3. The molecule has 0 saturated carbocycles. The van der Waals surface area contributed by atoms with E-state index < -0.39 is 0 Å². The molecule has 0 aliphatic rings. The molecule has 26 heavy (non-hydrogen) atoms. The number of tetrazole rings is 1. The molecular weight excluding hydrogens is 351 g/mol. The highest BCUT2D eigenvalue weighted by atomic mass is 32.1. The van der Waals surface area contributed by atoms with Crippen LogP contribution in [0.5, 0.6) is 0 Å². The number of thiol groups is 1. The van der Waals surface area contributed by atoms with Gasteiger partial charge in [0.25, 0.3) is 0 Å². The van der Waals surface area contributed by atoms with Crippen molar-refractivity contribution in [1.82, 2.24) is 30.0 Å². The van der Waals surface area contributed by atoms with Gasteiger partial charge in [-0.25, -0.2) is 9.07 Å². The minimum atomic E-state index is -0.303.